The number of fused-ring (bicyclic) bond motifs is 3. The van der Waals surface area contributed by atoms with Crippen molar-refractivity contribution in [2.75, 3.05) is 0 Å². The van der Waals surface area contributed by atoms with Crippen LogP contribution in [0, 0.1) is 0 Å². The maximum absolute atomic E-state index is 5.13. The van der Waals surface area contributed by atoms with E-state index in [1.165, 1.54) is 54.9 Å². The second-order valence-corrected chi connectivity index (χ2v) is 29.1. The Bertz CT molecular complexity index is 2980. The van der Waals surface area contributed by atoms with Crippen molar-refractivity contribution < 1.29 is 0 Å². The van der Waals surface area contributed by atoms with E-state index in [1.54, 1.807) is 0 Å². The average molecular weight is 846 g/mol. The van der Waals surface area contributed by atoms with Gasteiger partial charge in [-0.05, 0) is 67.8 Å². The minimum absolute atomic E-state index is 0.404. The third kappa shape index (κ3) is 7.41. The molecule has 1 heterocycles. The number of hydrogen-bond acceptors (Lipinski definition) is 3. The summed E-state index contributed by atoms with van der Waals surface area (Å²) < 4.78 is 0. The molecule has 0 saturated carbocycles. The lowest BCUT2D eigenvalue weighted by Crippen LogP contribution is -2.37. The number of rotatable bonds is 9. The fourth-order valence-electron chi connectivity index (χ4n) is 9.32. The highest BCUT2D eigenvalue weighted by molar-refractivity contribution is 6.89. The first kappa shape index (κ1) is 40.3. The lowest BCUT2D eigenvalue weighted by molar-refractivity contribution is 0.768. The average Bonchev–Trinajstić information content (AvgIpc) is 3.62. The van der Waals surface area contributed by atoms with Crippen molar-refractivity contribution in [2.24, 2.45) is 0 Å². The normalized spacial score (nSPS) is 13.0. The Balaban J connectivity index is 1.01. The van der Waals surface area contributed by atoms with Crippen LogP contribution in [0.4, 0.5) is 0 Å². The van der Waals surface area contributed by atoms with E-state index in [9.17, 15) is 0 Å². The predicted molar refractivity (Wildman–Crippen MR) is 270 cm³/mol. The Morgan fingerprint density at radius 2 is 0.698 bits per heavy atom. The van der Waals surface area contributed by atoms with Gasteiger partial charge in [-0.15, -0.1) is 0 Å². The van der Waals surface area contributed by atoms with Gasteiger partial charge in [-0.1, -0.05) is 238 Å². The SMILES string of the molecule is C[Si](C)(C)c1ccc(-c2nc(-c3ccc([Si](C)(C)C)cc3)nc(-c3cccc(-c4ccc(-c5ccc6c(c5)-c5ccccc5C6(c5ccccc5)c5ccccc5)cc4)c3)n2)cc1. The summed E-state index contributed by atoms with van der Waals surface area (Å²) in [7, 11) is -2.93. The summed E-state index contributed by atoms with van der Waals surface area (Å²) in [6, 6.07) is 73.2. The molecule has 0 bridgehead atoms. The van der Waals surface area contributed by atoms with Crippen molar-refractivity contribution in [1.29, 1.82) is 0 Å². The smallest absolute Gasteiger partial charge is 0.164 e. The molecular formula is C58H51N3Si2. The van der Waals surface area contributed by atoms with Crippen LogP contribution in [-0.2, 0) is 5.41 Å². The molecule has 1 aliphatic carbocycles. The Hall–Kier alpha value is -6.80. The van der Waals surface area contributed by atoms with Crippen molar-refractivity contribution in [3.8, 4) is 67.5 Å². The molecule has 0 spiro atoms. The molecular weight excluding hydrogens is 795 g/mol. The van der Waals surface area contributed by atoms with Crippen LogP contribution in [0.1, 0.15) is 22.3 Å². The quantitative estimate of drug-likeness (QED) is 0.136. The van der Waals surface area contributed by atoms with Crippen molar-refractivity contribution in [1.82, 2.24) is 15.0 Å². The predicted octanol–water partition coefficient (Wildman–Crippen LogP) is 13.7. The molecule has 8 aromatic carbocycles. The lowest BCUT2D eigenvalue weighted by Gasteiger charge is -2.33. The van der Waals surface area contributed by atoms with Crippen molar-refractivity contribution in [2.45, 2.75) is 44.7 Å². The van der Waals surface area contributed by atoms with Crippen LogP contribution in [-0.4, -0.2) is 31.1 Å². The summed E-state index contributed by atoms with van der Waals surface area (Å²) in [6.45, 7) is 14.2. The minimum atomic E-state index is -1.46. The maximum atomic E-state index is 5.13. The number of hydrogen-bond donors (Lipinski definition) is 0. The third-order valence-electron chi connectivity index (χ3n) is 12.8. The Labute approximate surface area is 374 Å². The Kier molecular flexibility index (Phi) is 10.1. The van der Waals surface area contributed by atoms with Gasteiger partial charge in [-0.2, -0.15) is 0 Å². The molecule has 0 radical (unpaired) electrons. The van der Waals surface area contributed by atoms with Crippen molar-refractivity contribution in [3.63, 3.8) is 0 Å². The van der Waals surface area contributed by atoms with Gasteiger partial charge >= 0.3 is 0 Å². The zero-order chi connectivity index (χ0) is 43.3. The highest BCUT2D eigenvalue weighted by Crippen LogP contribution is 2.56. The monoisotopic (exact) mass is 845 g/mol. The summed E-state index contributed by atoms with van der Waals surface area (Å²) in [5.41, 5.74) is 14.9. The van der Waals surface area contributed by atoms with Crippen molar-refractivity contribution >= 4 is 26.5 Å². The highest BCUT2D eigenvalue weighted by atomic mass is 28.3. The molecule has 306 valence electrons. The van der Waals surface area contributed by atoms with E-state index in [2.05, 4.69) is 239 Å². The second kappa shape index (κ2) is 15.8. The first-order chi connectivity index (χ1) is 30.5. The molecule has 0 amide bonds. The molecule has 10 rings (SSSR count). The third-order valence-corrected chi connectivity index (χ3v) is 16.9. The van der Waals surface area contributed by atoms with Gasteiger partial charge in [0.15, 0.2) is 17.5 Å². The second-order valence-electron chi connectivity index (χ2n) is 18.9. The van der Waals surface area contributed by atoms with Gasteiger partial charge in [0.05, 0.1) is 21.6 Å². The van der Waals surface area contributed by atoms with Crippen LogP contribution < -0.4 is 10.4 Å². The van der Waals surface area contributed by atoms with E-state index in [-0.39, 0.29) is 0 Å². The first-order valence-corrected chi connectivity index (χ1v) is 29.0. The van der Waals surface area contributed by atoms with Gasteiger partial charge in [-0.3, -0.25) is 0 Å². The van der Waals surface area contributed by atoms with Gasteiger partial charge in [0.1, 0.15) is 0 Å². The van der Waals surface area contributed by atoms with E-state index in [4.69, 9.17) is 15.0 Å². The van der Waals surface area contributed by atoms with Gasteiger partial charge in [0.25, 0.3) is 0 Å². The Morgan fingerprint density at radius 3 is 1.21 bits per heavy atom. The summed E-state index contributed by atoms with van der Waals surface area (Å²) in [5.74, 6) is 2.03. The van der Waals surface area contributed by atoms with Gasteiger partial charge in [-0.25, -0.2) is 15.0 Å². The number of nitrogens with zero attached hydrogens (tertiary/aromatic N) is 3. The zero-order valence-electron chi connectivity index (χ0n) is 36.9. The largest absolute Gasteiger partial charge is 0.208 e. The molecule has 0 aliphatic heterocycles. The molecule has 3 nitrogen and oxygen atoms in total. The summed E-state index contributed by atoms with van der Waals surface area (Å²) in [6.07, 6.45) is 0. The van der Waals surface area contributed by atoms with E-state index in [0.29, 0.717) is 17.5 Å². The molecule has 5 heteroatoms. The minimum Gasteiger partial charge on any atom is -0.208 e. The number of aromatic nitrogens is 3. The van der Waals surface area contributed by atoms with E-state index >= 15 is 0 Å². The molecule has 0 unspecified atom stereocenters. The van der Waals surface area contributed by atoms with Crippen LogP contribution in [0.5, 0.6) is 0 Å². The molecule has 63 heavy (non-hydrogen) atoms. The van der Waals surface area contributed by atoms with E-state index < -0.39 is 21.6 Å². The molecule has 0 fully saturated rings. The summed E-state index contributed by atoms with van der Waals surface area (Å²) >= 11 is 0. The fourth-order valence-corrected chi connectivity index (χ4v) is 11.7. The van der Waals surface area contributed by atoms with Crippen molar-refractivity contribution in [3.05, 3.63) is 222 Å². The van der Waals surface area contributed by atoms with Gasteiger partial charge in [0, 0.05) is 16.7 Å². The zero-order valence-corrected chi connectivity index (χ0v) is 38.9. The highest BCUT2D eigenvalue weighted by Gasteiger charge is 2.46. The van der Waals surface area contributed by atoms with E-state index in [1.807, 2.05) is 0 Å². The van der Waals surface area contributed by atoms with Gasteiger partial charge < -0.3 is 0 Å². The lowest BCUT2D eigenvalue weighted by atomic mass is 9.67. The molecule has 9 aromatic rings. The maximum Gasteiger partial charge on any atom is 0.164 e. The van der Waals surface area contributed by atoms with Crippen LogP contribution in [0.25, 0.3) is 67.5 Å². The molecule has 1 aliphatic rings. The first-order valence-electron chi connectivity index (χ1n) is 22.0. The van der Waals surface area contributed by atoms with Gasteiger partial charge in [0.2, 0.25) is 0 Å². The molecule has 1 aromatic heterocycles. The molecule has 0 atom stereocenters. The molecule has 0 N–H and O–H groups in total. The Morgan fingerprint density at radius 1 is 0.302 bits per heavy atom. The van der Waals surface area contributed by atoms with E-state index in [0.717, 1.165) is 27.8 Å². The van der Waals surface area contributed by atoms with Crippen LogP contribution >= 0.6 is 0 Å². The molecule has 0 saturated heterocycles. The topological polar surface area (TPSA) is 38.7 Å². The fraction of sp³-hybridized carbons (Fsp3) is 0.121. The standard InChI is InChI=1S/C58H51N3Si2/c1-62(2,3)49-33-28-42(29-34-49)55-59-56(43-30-35-50(36-31-43)63(4,5)6)61-57(60-55)46-17-15-16-44(38-46)40-24-26-41(27-25-40)45-32-37-54-52(39-45)51-22-13-14-23-53(51)58(54,47-18-9-7-10-19-47)48-20-11-8-12-21-48/h7-39H,1-6H3. The number of benzene rings is 8. The van der Waals surface area contributed by atoms with Crippen LogP contribution in [0.2, 0.25) is 39.3 Å². The summed E-state index contributed by atoms with van der Waals surface area (Å²) in [4.78, 5) is 15.3. The van der Waals surface area contributed by atoms with Crippen LogP contribution in [0.3, 0.4) is 0 Å². The summed E-state index contributed by atoms with van der Waals surface area (Å²) in [5, 5.41) is 2.83. The van der Waals surface area contributed by atoms with Crippen LogP contribution in [0.15, 0.2) is 200 Å².